The van der Waals surface area contributed by atoms with Crippen molar-refractivity contribution in [2.24, 2.45) is 0 Å². The van der Waals surface area contributed by atoms with Gasteiger partial charge in [0, 0.05) is 62.3 Å². The molecule has 0 atom stereocenters. The second-order valence-electron chi connectivity index (χ2n) is 7.37. The van der Waals surface area contributed by atoms with Gasteiger partial charge in [0.05, 0.1) is 5.52 Å². The fourth-order valence-corrected chi connectivity index (χ4v) is 3.21. The van der Waals surface area contributed by atoms with E-state index >= 15 is 0 Å². The van der Waals surface area contributed by atoms with E-state index in [2.05, 4.69) is 26.7 Å². The minimum absolute atomic E-state index is 0.0831. The summed E-state index contributed by atoms with van der Waals surface area (Å²) in [5.74, 6) is 0.710. The molecule has 1 amide bonds. The molecule has 1 aromatic carbocycles. The highest BCUT2D eigenvalue weighted by atomic mass is 19.4. The molecule has 33 heavy (non-hydrogen) atoms. The average molecular weight is 463 g/mol. The number of hydrogen-bond acceptors (Lipinski definition) is 5. The molecular weight excluding hydrogens is 433 g/mol. The first-order valence-electron chi connectivity index (χ1n) is 10.6. The molecule has 1 aliphatic rings. The average Bonchev–Trinajstić information content (AvgIpc) is 2.80. The van der Waals surface area contributed by atoms with Crippen LogP contribution in [0.5, 0.6) is 0 Å². The Morgan fingerprint density at radius 1 is 1.03 bits per heavy atom. The Balaban J connectivity index is 0.000000320. The molecule has 9 heteroatoms. The summed E-state index contributed by atoms with van der Waals surface area (Å²) < 4.78 is 34.1. The number of nitrogens with zero attached hydrogens (tertiary/aromatic N) is 2. The zero-order valence-electron chi connectivity index (χ0n) is 19.0. The highest BCUT2D eigenvalue weighted by molar-refractivity contribution is 5.90. The SMILES string of the molecule is C1CCOCC1.CNc1cc2ncc(-c3cc(NC(C)=O)ccc3C)cc2cn1.FC(F)F. The number of benzene rings is 1. The lowest BCUT2D eigenvalue weighted by Crippen LogP contribution is -2.05. The molecule has 1 saturated heterocycles. The zero-order valence-corrected chi connectivity index (χ0v) is 19.0. The van der Waals surface area contributed by atoms with Gasteiger partial charge in [-0.15, -0.1) is 0 Å². The summed E-state index contributed by atoms with van der Waals surface area (Å²) in [7, 11) is 1.83. The van der Waals surface area contributed by atoms with Crippen molar-refractivity contribution in [2.75, 3.05) is 30.9 Å². The van der Waals surface area contributed by atoms with Gasteiger partial charge < -0.3 is 15.4 Å². The molecule has 4 rings (SSSR count). The minimum Gasteiger partial charge on any atom is -0.381 e. The van der Waals surface area contributed by atoms with Crippen LogP contribution in [0.4, 0.5) is 24.7 Å². The number of carbonyl (C=O) groups excluding carboxylic acids is 1. The van der Waals surface area contributed by atoms with Gasteiger partial charge in [-0.1, -0.05) is 6.07 Å². The Bertz CT molecular complexity index is 1030. The number of alkyl halides is 3. The van der Waals surface area contributed by atoms with Crippen LogP contribution >= 0.6 is 0 Å². The number of halogens is 3. The van der Waals surface area contributed by atoms with Crippen LogP contribution in [0.25, 0.3) is 22.0 Å². The second kappa shape index (κ2) is 13.4. The van der Waals surface area contributed by atoms with E-state index in [1.165, 1.54) is 26.2 Å². The lowest BCUT2D eigenvalue weighted by Gasteiger charge is -2.10. The minimum atomic E-state index is -3.67. The van der Waals surface area contributed by atoms with Crippen LogP contribution in [0.1, 0.15) is 31.7 Å². The fourth-order valence-electron chi connectivity index (χ4n) is 3.21. The zero-order chi connectivity index (χ0) is 24.2. The second-order valence-corrected chi connectivity index (χ2v) is 7.37. The van der Waals surface area contributed by atoms with Gasteiger partial charge in [-0.25, -0.2) is 4.98 Å². The smallest absolute Gasteiger partial charge is 0.379 e. The molecule has 0 saturated carbocycles. The third kappa shape index (κ3) is 9.05. The molecule has 1 fully saturated rings. The summed E-state index contributed by atoms with van der Waals surface area (Å²) in [6.07, 6.45) is 7.59. The van der Waals surface area contributed by atoms with Crippen LogP contribution in [-0.2, 0) is 9.53 Å². The fraction of sp³-hybridized carbons (Fsp3) is 0.375. The number of aryl methyl sites for hydroxylation is 1. The molecule has 0 radical (unpaired) electrons. The molecular formula is C24H29F3N4O2. The van der Waals surface area contributed by atoms with E-state index in [0.29, 0.717) is 0 Å². The predicted octanol–water partition coefficient (Wildman–Crippen LogP) is 5.97. The van der Waals surface area contributed by atoms with E-state index < -0.39 is 6.68 Å². The number of hydrogen-bond donors (Lipinski definition) is 2. The maximum atomic E-state index is 11.2. The van der Waals surface area contributed by atoms with Crippen molar-refractivity contribution in [2.45, 2.75) is 39.8 Å². The van der Waals surface area contributed by atoms with Crippen molar-refractivity contribution >= 4 is 28.3 Å². The topological polar surface area (TPSA) is 76.1 Å². The van der Waals surface area contributed by atoms with Crippen molar-refractivity contribution in [3.63, 3.8) is 0 Å². The van der Waals surface area contributed by atoms with E-state index in [4.69, 9.17) is 4.74 Å². The summed E-state index contributed by atoms with van der Waals surface area (Å²) in [5, 5.41) is 6.80. The third-order valence-electron chi connectivity index (χ3n) is 4.77. The number of aromatic nitrogens is 2. The molecule has 3 aromatic rings. The van der Waals surface area contributed by atoms with Gasteiger partial charge in [0.15, 0.2) is 0 Å². The maximum Gasteiger partial charge on any atom is 0.379 e. The van der Waals surface area contributed by atoms with E-state index in [0.717, 1.165) is 52.3 Å². The summed E-state index contributed by atoms with van der Waals surface area (Å²) in [5.41, 5.74) is 4.84. The van der Waals surface area contributed by atoms with Crippen LogP contribution in [0.2, 0.25) is 0 Å². The van der Waals surface area contributed by atoms with Crippen LogP contribution < -0.4 is 10.6 Å². The van der Waals surface area contributed by atoms with Gasteiger partial charge in [0.25, 0.3) is 0 Å². The molecule has 6 nitrogen and oxygen atoms in total. The number of nitrogens with one attached hydrogen (secondary N) is 2. The van der Waals surface area contributed by atoms with Crippen LogP contribution in [0.15, 0.2) is 42.7 Å². The van der Waals surface area contributed by atoms with Gasteiger partial charge in [0.2, 0.25) is 5.91 Å². The van der Waals surface area contributed by atoms with E-state index in [1.807, 2.05) is 50.6 Å². The Morgan fingerprint density at radius 3 is 2.27 bits per heavy atom. The Morgan fingerprint density at radius 2 is 1.73 bits per heavy atom. The number of rotatable bonds is 3. The molecule has 2 aromatic heterocycles. The van der Waals surface area contributed by atoms with Crippen LogP contribution in [0, 0.1) is 6.92 Å². The number of ether oxygens (including phenoxy) is 1. The molecule has 0 aliphatic carbocycles. The quantitative estimate of drug-likeness (QED) is 0.502. The first kappa shape index (κ1) is 26.1. The number of fused-ring (bicyclic) bond motifs is 1. The number of anilines is 2. The van der Waals surface area contributed by atoms with Gasteiger partial charge in [-0.05, 0) is 55.5 Å². The predicted molar refractivity (Wildman–Crippen MR) is 125 cm³/mol. The molecule has 0 unspecified atom stereocenters. The molecule has 0 spiro atoms. The summed E-state index contributed by atoms with van der Waals surface area (Å²) in [6, 6.07) is 9.84. The van der Waals surface area contributed by atoms with Crippen molar-refractivity contribution in [3.8, 4) is 11.1 Å². The maximum absolute atomic E-state index is 11.2. The summed E-state index contributed by atoms with van der Waals surface area (Å²) >= 11 is 0. The molecule has 3 heterocycles. The van der Waals surface area contributed by atoms with Crippen molar-refractivity contribution in [1.82, 2.24) is 9.97 Å². The first-order valence-corrected chi connectivity index (χ1v) is 10.6. The lowest BCUT2D eigenvalue weighted by molar-refractivity contribution is -0.114. The standard InChI is InChI=1S/C18H18N4O.C5H10O.CHF3/c1-11-4-5-15(22-12(2)23)7-16(11)13-6-14-10-21-18(19-3)8-17(14)20-9-13;1-2-4-6-5-3-1;2-1(3)4/h4-10H,1-3H3,(H,19,21)(H,22,23);1-5H2;1H. The van der Waals surface area contributed by atoms with E-state index in [-0.39, 0.29) is 5.91 Å². The monoisotopic (exact) mass is 462 g/mol. The van der Waals surface area contributed by atoms with E-state index in [9.17, 15) is 18.0 Å². The number of amides is 1. The van der Waals surface area contributed by atoms with E-state index in [1.54, 1.807) is 0 Å². The molecule has 2 N–H and O–H groups in total. The Kier molecular flexibility index (Phi) is 10.6. The Hall–Kier alpha value is -3.20. The van der Waals surface area contributed by atoms with Gasteiger partial charge in [-0.3, -0.25) is 9.78 Å². The van der Waals surface area contributed by atoms with Crippen molar-refractivity contribution in [3.05, 3.63) is 48.3 Å². The van der Waals surface area contributed by atoms with Crippen LogP contribution in [-0.4, -0.2) is 42.8 Å². The Labute approximate surface area is 191 Å². The highest BCUT2D eigenvalue weighted by Crippen LogP contribution is 2.28. The highest BCUT2D eigenvalue weighted by Gasteiger charge is 2.07. The number of carbonyl (C=O) groups is 1. The normalized spacial score (nSPS) is 12.8. The van der Waals surface area contributed by atoms with Crippen LogP contribution in [0.3, 0.4) is 0 Å². The molecule has 1 aliphatic heterocycles. The molecule has 0 bridgehead atoms. The first-order chi connectivity index (χ1) is 15.8. The lowest BCUT2D eigenvalue weighted by atomic mass is 10.0. The van der Waals surface area contributed by atoms with Crippen molar-refractivity contribution in [1.29, 1.82) is 0 Å². The third-order valence-corrected chi connectivity index (χ3v) is 4.77. The summed E-state index contributed by atoms with van der Waals surface area (Å²) in [4.78, 5) is 20.1. The van der Waals surface area contributed by atoms with Gasteiger partial charge in [-0.2, -0.15) is 13.2 Å². The number of pyridine rings is 2. The van der Waals surface area contributed by atoms with Gasteiger partial charge >= 0.3 is 6.68 Å². The van der Waals surface area contributed by atoms with Gasteiger partial charge in [0.1, 0.15) is 5.82 Å². The molecule has 178 valence electrons. The summed E-state index contributed by atoms with van der Waals surface area (Å²) in [6.45, 7) is 1.88. The van der Waals surface area contributed by atoms with Crippen molar-refractivity contribution < 1.29 is 22.7 Å². The largest absolute Gasteiger partial charge is 0.381 e.